The van der Waals surface area contributed by atoms with E-state index in [0.717, 1.165) is 18.6 Å². The summed E-state index contributed by atoms with van der Waals surface area (Å²) in [5.41, 5.74) is 1.50. The number of unbranched alkanes of at least 4 members (excludes halogenated alkanes) is 1. The Hall–Kier alpha value is -2.73. The predicted molar refractivity (Wildman–Crippen MR) is 99.5 cm³/mol. The van der Waals surface area contributed by atoms with E-state index >= 15 is 0 Å². The molecule has 2 atom stereocenters. The van der Waals surface area contributed by atoms with Crippen molar-refractivity contribution >= 4 is 5.97 Å². The fourth-order valence-electron chi connectivity index (χ4n) is 3.08. The number of esters is 1. The molecule has 27 heavy (non-hydrogen) atoms. The smallest absolute Gasteiger partial charge is 0.343 e. The molecule has 6 nitrogen and oxygen atoms in total. The molecule has 2 aromatic rings. The van der Waals surface area contributed by atoms with Gasteiger partial charge in [0, 0.05) is 11.6 Å². The molecule has 0 aromatic heterocycles. The first-order chi connectivity index (χ1) is 13.1. The number of ether oxygens (including phenoxy) is 4. The van der Waals surface area contributed by atoms with Crippen molar-refractivity contribution < 1.29 is 28.8 Å². The fourth-order valence-corrected chi connectivity index (χ4v) is 3.08. The zero-order valence-electron chi connectivity index (χ0n) is 15.7. The topological polar surface area (TPSA) is 74.2 Å². The molecule has 0 amide bonds. The third-order valence-electron chi connectivity index (χ3n) is 4.58. The normalized spacial score (nSPS) is 16.4. The van der Waals surface area contributed by atoms with Gasteiger partial charge in [0.2, 0.25) is 0 Å². The van der Waals surface area contributed by atoms with E-state index in [1.165, 1.54) is 14.2 Å². The number of methoxy groups -OCH3 is 2. The highest BCUT2D eigenvalue weighted by Gasteiger charge is 2.39. The summed E-state index contributed by atoms with van der Waals surface area (Å²) in [7, 11) is 3.00. The first kappa shape index (κ1) is 19.0. The summed E-state index contributed by atoms with van der Waals surface area (Å²) in [5.74, 6) is 1.11. The van der Waals surface area contributed by atoms with Gasteiger partial charge in [-0.1, -0.05) is 25.5 Å². The van der Waals surface area contributed by atoms with E-state index < -0.39 is 18.2 Å². The van der Waals surface area contributed by atoms with Crippen molar-refractivity contribution in [3.05, 3.63) is 53.1 Å². The summed E-state index contributed by atoms with van der Waals surface area (Å²) in [6.45, 7) is 2.76. The number of carbonyl (C=O) groups is 1. The van der Waals surface area contributed by atoms with Crippen LogP contribution in [0.2, 0.25) is 0 Å². The van der Waals surface area contributed by atoms with Crippen LogP contribution in [0.4, 0.5) is 0 Å². The fraction of sp³-hybridized carbons (Fsp3) is 0.381. The minimum absolute atomic E-state index is 0.321. The SMILES string of the molecule is CCCCOc1ccc(C(O)C2OC(=O)c3c(OC)cc(OC)cc32)cc1. The molecule has 0 bridgehead atoms. The van der Waals surface area contributed by atoms with Crippen molar-refractivity contribution in [3.63, 3.8) is 0 Å². The van der Waals surface area contributed by atoms with E-state index in [0.29, 0.717) is 34.8 Å². The van der Waals surface area contributed by atoms with Crippen LogP contribution in [0.1, 0.15) is 53.5 Å². The maximum Gasteiger partial charge on any atom is 0.343 e. The van der Waals surface area contributed by atoms with Gasteiger partial charge in [0.05, 0.1) is 20.8 Å². The molecule has 1 aliphatic rings. The van der Waals surface area contributed by atoms with Crippen LogP contribution in [-0.2, 0) is 4.74 Å². The van der Waals surface area contributed by atoms with Gasteiger partial charge in [0.25, 0.3) is 0 Å². The van der Waals surface area contributed by atoms with Gasteiger partial charge in [-0.2, -0.15) is 0 Å². The number of aliphatic hydroxyl groups is 1. The van der Waals surface area contributed by atoms with Crippen LogP contribution in [0.15, 0.2) is 36.4 Å². The van der Waals surface area contributed by atoms with Crippen LogP contribution in [0.25, 0.3) is 0 Å². The number of hydrogen-bond acceptors (Lipinski definition) is 6. The van der Waals surface area contributed by atoms with Crippen molar-refractivity contribution in [1.29, 1.82) is 0 Å². The number of hydrogen-bond donors (Lipinski definition) is 1. The highest BCUT2D eigenvalue weighted by Crippen LogP contribution is 2.45. The standard InChI is InChI=1S/C21H24O6/c1-4-5-10-26-14-8-6-13(7-9-14)19(22)20-16-11-15(24-2)12-17(25-3)18(16)21(23)27-20/h6-9,11-12,19-20,22H,4-5,10H2,1-3H3. The molecular weight excluding hydrogens is 348 g/mol. The Morgan fingerprint density at radius 3 is 2.48 bits per heavy atom. The Bertz CT molecular complexity index is 799. The molecular formula is C21H24O6. The lowest BCUT2D eigenvalue weighted by atomic mass is 9.96. The van der Waals surface area contributed by atoms with Gasteiger partial charge in [0.15, 0.2) is 6.10 Å². The van der Waals surface area contributed by atoms with E-state index in [4.69, 9.17) is 18.9 Å². The highest BCUT2D eigenvalue weighted by molar-refractivity contribution is 5.97. The number of fused-ring (bicyclic) bond motifs is 1. The van der Waals surface area contributed by atoms with Crippen LogP contribution >= 0.6 is 0 Å². The van der Waals surface area contributed by atoms with E-state index in [9.17, 15) is 9.90 Å². The molecule has 144 valence electrons. The van der Waals surface area contributed by atoms with Crippen molar-refractivity contribution in [2.45, 2.75) is 32.0 Å². The zero-order valence-corrected chi connectivity index (χ0v) is 15.7. The summed E-state index contributed by atoms with van der Waals surface area (Å²) >= 11 is 0. The minimum Gasteiger partial charge on any atom is -0.497 e. The average Bonchev–Trinajstić information content (AvgIpc) is 3.04. The molecule has 0 spiro atoms. The van der Waals surface area contributed by atoms with Crippen molar-refractivity contribution in [2.75, 3.05) is 20.8 Å². The second kappa shape index (κ2) is 8.31. The van der Waals surface area contributed by atoms with Gasteiger partial charge in [-0.15, -0.1) is 0 Å². The lowest BCUT2D eigenvalue weighted by Crippen LogP contribution is -2.11. The summed E-state index contributed by atoms with van der Waals surface area (Å²) in [6.07, 6.45) is 0.207. The van der Waals surface area contributed by atoms with Crippen molar-refractivity contribution in [1.82, 2.24) is 0 Å². The first-order valence-electron chi connectivity index (χ1n) is 8.96. The molecule has 1 aliphatic heterocycles. The first-order valence-corrected chi connectivity index (χ1v) is 8.96. The van der Waals surface area contributed by atoms with Gasteiger partial charge in [0.1, 0.15) is 28.9 Å². The van der Waals surface area contributed by atoms with Crippen LogP contribution in [0, 0.1) is 0 Å². The number of aliphatic hydroxyl groups excluding tert-OH is 1. The van der Waals surface area contributed by atoms with E-state index in [-0.39, 0.29) is 0 Å². The van der Waals surface area contributed by atoms with Gasteiger partial charge in [-0.05, 0) is 30.2 Å². The number of benzene rings is 2. The number of cyclic esters (lactones) is 1. The molecule has 0 saturated heterocycles. The Kier molecular flexibility index (Phi) is 5.86. The maximum atomic E-state index is 12.3. The molecule has 0 saturated carbocycles. The minimum atomic E-state index is -1.02. The van der Waals surface area contributed by atoms with E-state index in [1.807, 2.05) is 0 Å². The van der Waals surface area contributed by atoms with Crippen molar-refractivity contribution in [2.24, 2.45) is 0 Å². The molecule has 3 rings (SSSR count). The largest absolute Gasteiger partial charge is 0.497 e. The number of carbonyl (C=O) groups excluding carboxylic acids is 1. The Balaban J connectivity index is 1.85. The van der Waals surface area contributed by atoms with Crippen LogP contribution in [-0.4, -0.2) is 31.9 Å². The quantitative estimate of drug-likeness (QED) is 0.561. The number of rotatable bonds is 8. The summed E-state index contributed by atoms with van der Waals surface area (Å²) in [4.78, 5) is 12.3. The monoisotopic (exact) mass is 372 g/mol. The molecule has 0 fully saturated rings. The van der Waals surface area contributed by atoms with E-state index in [2.05, 4.69) is 6.92 Å². The maximum absolute atomic E-state index is 12.3. The molecule has 2 aromatic carbocycles. The lowest BCUT2D eigenvalue weighted by Gasteiger charge is -2.19. The molecule has 1 N–H and O–H groups in total. The van der Waals surface area contributed by atoms with Crippen LogP contribution in [0.3, 0.4) is 0 Å². The molecule has 0 radical (unpaired) electrons. The van der Waals surface area contributed by atoms with Crippen LogP contribution in [0.5, 0.6) is 17.2 Å². The average molecular weight is 372 g/mol. The molecule has 1 heterocycles. The zero-order chi connectivity index (χ0) is 19.4. The third kappa shape index (κ3) is 3.85. The van der Waals surface area contributed by atoms with Gasteiger partial charge in [-0.3, -0.25) is 0 Å². The molecule has 6 heteroatoms. The van der Waals surface area contributed by atoms with Crippen molar-refractivity contribution in [3.8, 4) is 17.2 Å². The van der Waals surface area contributed by atoms with Gasteiger partial charge in [-0.25, -0.2) is 4.79 Å². The molecule has 2 unspecified atom stereocenters. The Labute approximate surface area is 158 Å². The Morgan fingerprint density at radius 1 is 1.11 bits per heavy atom. The summed E-state index contributed by atoms with van der Waals surface area (Å²) in [6, 6.07) is 10.5. The lowest BCUT2D eigenvalue weighted by molar-refractivity contribution is -0.0103. The second-order valence-corrected chi connectivity index (χ2v) is 6.34. The summed E-state index contributed by atoms with van der Waals surface area (Å²) < 4.78 is 21.6. The third-order valence-corrected chi connectivity index (χ3v) is 4.58. The van der Waals surface area contributed by atoms with Gasteiger partial charge >= 0.3 is 5.97 Å². The second-order valence-electron chi connectivity index (χ2n) is 6.34. The highest BCUT2D eigenvalue weighted by atomic mass is 16.6. The van der Waals surface area contributed by atoms with Gasteiger partial charge < -0.3 is 24.1 Å². The predicted octanol–water partition coefficient (Wildman–Crippen LogP) is 3.83. The van der Waals surface area contributed by atoms with E-state index in [1.54, 1.807) is 36.4 Å². The Morgan fingerprint density at radius 2 is 1.85 bits per heavy atom. The summed E-state index contributed by atoms with van der Waals surface area (Å²) in [5, 5.41) is 10.8. The van der Waals surface area contributed by atoms with Crippen LogP contribution < -0.4 is 14.2 Å². The molecule has 0 aliphatic carbocycles.